The van der Waals surface area contributed by atoms with Crippen LogP contribution < -0.4 is 5.32 Å². The highest BCUT2D eigenvalue weighted by Crippen LogP contribution is 2.31. The van der Waals surface area contributed by atoms with Gasteiger partial charge in [0.1, 0.15) is 5.82 Å². The molecule has 0 bridgehead atoms. The summed E-state index contributed by atoms with van der Waals surface area (Å²) in [7, 11) is 0. The Labute approximate surface area is 216 Å². The van der Waals surface area contributed by atoms with Gasteiger partial charge >= 0.3 is 0 Å². The van der Waals surface area contributed by atoms with E-state index in [-0.39, 0.29) is 5.91 Å². The summed E-state index contributed by atoms with van der Waals surface area (Å²) in [5.74, 6) is 1.10. The summed E-state index contributed by atoms with van der Waals surface area (Å²) in [6, 6.07) is 16.8. The van der Waals surface area contributed by atoms with Crippen LogP contribution in [-0.2, 0) is 0 Å². The smallest absolute Gasteiger partial charge is 0.255 e. The highest BCUT2D eigenvalue weighted by Gasteiger charge is 2.26. The van der Waals surface area contributed by atoms with Crippen LogP contribution in [0, 0.1) is 5.92 Å². The van der Waals surface area contributed by atoms with Gasteiger partial charge in [0.2, 0.25) is 0 Å². The molecule has 1 saturated heterocycles. The van der Waals surface area contributed by atoms with Gasteiger partial charge in [-0.1, -0.05) is 53.5 Å². The molecule has 4 aromatic rings. The van der Waals surface area contributed by atoms with Crippen molar-refractivity contribution in [1.82, 2.24) is 19.5 Å². The lowest BCUT2D eigenvalue weighted by atomic mass is 9.97. The van der Waals surface area contributed by atoms with Crippen molar-refractivity contribution in [2.45, 2.75) is 12.8 Å². The first-order valence-corrected chi connectivity index (χ1v) is 12.6. The van der Waals surface area contributed by atoms with Gasteiger partial charge in [0, 0.05) is 36.3 Å². The first-order chi connectivity index (χ1) is 16.5. The minimum atomic E-state index is -0.0152. The van der Waals surface area contributed by atoms with Crippen molar-refractivity contribution < 1.29 is 4.79 Å². The molecule has 0 spiro atoms. The van der Waals surface area contributed by atoms with Gasteiger partial charge < -0.3 is 10.2 Å². The van der Waals surface area contributed by atoms with E-state index in [1.165, 1.54) is 0 Å². The summed E-state index contributed by atoms with van der Waals surface area (Å²) in [4.78, 5) is 19.7. The number of benzene rings is 2. The van der Waals surface area contributed by atoms with Crippen molar-refractivity contribution in [1.29, 1.82) is 0 Å². The molecular formula is C25H22BrCl2N5O. The van der Waals surface area contributed by atoms with Crippen molar-refractivity contribution in [2.75, 3.05) is 25.0 Å². The largest absolute Gasteiger partial charge is 0.370 e. The number of anilines is 1. The number of amides is 1. The fourth-order valence-corrected chi connectivity index (χ4v) is 5.14. The monoisotopic (exact) mass is 557 g/mol. The van der Waals surface area contributed by atoms with Crippen LogP contribution in [0.5, 0.6) is 0 Å². The van der Waals surface area contributed by atoms with E-state index in [4.69, 9.17) is 28.2 Å². The van der Waals surface area contributed by atoms with Gasteiger partial charge in [0.25, 0.3) is 5.91 Å². The molecule has 9 heteroatoms. The number of piperidine rings is 1. The minimum Gasteiger partial charge on any atom is -0.370 e. The zero-order valence-corrected chi connectivity index (χ0v) is 21.3. The summed E-state index contributed by atoms with van der Waals surface area (Å²) in [5, 5.41) is 9.14. The molecule has 2 aromatic heterocycles. The number of carbonyl (C=O) groups is 1. The number of carbonyl (C=O) groups excluding carboxylic acids is 1. The van der Waals surface area contributed by atoms with Gasteiger partial charge in [-0.25, -0.2) is 4.98 Å². The molecule has 1 unspecified atom stereocenters. The molecule has 0 aliphatic carbocycles. The van der Waals surface area contributed by atoms with Crippen LogP contribution in [0.25, 0.3) is 16.9 Å². The Bertz CT molecular complexity index is 1360. The molecule has 0 saturated carbocycles. The van der Waals surface area contributed by atoms with Crippen LogP contribution in [0.2, 0.25) is 10.0 Å². The van der Waals surface area contributed by atoms with E-state index in [2.05, 4.69) is 26.3 Å². The lowest BCUT2D eigenvalue weighted by Gasteiger charge is -2.33. The fourth-order valence-electron chi connectivity index (χ4n) is 4.34. The third-order valence-corrected chi connectivity index (χ3v) is 7.28. The van der Waals surface area contributed by atoms with Gasteiger partial charge in [-0.05, 0) is 52.9 Å². The third-order valence-electron chi connectivity index (χ3n) is 6.06. The first kappa shape index (κ1) is 23.1. The number of hydrogen-bond acceptors (Lipinski definition) is 4. The van der Waals surface area contributed by atoms with Crippen LogP contribution in [0.4, 0.5) is 5.82 Å². The lowest BCUT2D eigenvalue weighted by molar-refractivity contribution is 0.0680. The fraction of sp³-hybridized carbons (Fsp3) is 0.240. The highest BCUT2D eigenvalue weighted by molar-refractivity contribution is 9.10. The number of halogens is 3. The Hall–Kier alpha value is -2.61. The van der Waals surface area contributed by atoms with Gasteiger partial charge in [-0.2, -0.15) is 9.61 Å². The van der Waals surface area contributed by atoms with E-state index in [0.29, 0.717) is 40.3 Å². The van der Waals surface area contributed by atoms with Crippen molar-refractivity contribution in [3.63, 3.8) is 0 Å². The molecule has 1 atom stereocenters. The first-order valence-electron chi connectivity index (χ1n) is 11.1. The second-order valence-electron chi connectivity index (χ2n) is 8.35. The highest BCUT2D eigenvalue weighted by atomic mass is 79.9. The number of likely N-dealkylation sites (tertiary alicyclic amines) is 1. The van der Waals surface area contributed by atoms with E-state index in [1.807, 2.05) is 47.4 Å². The maximum atomic E-state index is 13.0. The summed E-state index contributed by atoms with van der Waals surface area (Å²) in [5.41, 5.74) is 2.89. The van der Waals surface area contributed by atoms with Crippen LogP contribution in [0.1, 0.15) is 23.2 Å². The van der Waals surface area contributed by atoms with E-state index in [0.717, 1.165) is 40.9 Å². The Morgan fingerprint density at radius 1 is 1.12 bits per heavy atom. The predicted molar refractivity (Wildman–Crippen MR) is 140 cm³/mol. The number of nitrogens with zero attached hydrogens (tertiary/aromatic N) is 4. The average Bonchev–Trinajstić information content (AvgIpc) is 3.23. The van der Waals surface area contributed by atoms with Crippen LogP contribution in [0.3, 0.4) is 0 Å². The van der Waals surface area contributed by atoms with Crippen molar-refractivity contribution in [2.24, 2.45) is 5.92 Å². The second kappa shape index (κ2) is 9.94. The molecule has 174 valence electrons. The second-order valence-corrected chi connectivity index (χ2v) is 10.0. The number of hydrogen-bond donors (Lipinski definition) is 1. The van der Waals surface area contributed by atoms with Crippen molar-refractivity contribution >= 4 is 56.5 Å². The van der Waals surface area contributed by atoms with Crippen LogP contribution >= 0.6 is 39.1 Å². The van der Waals surface area contributed by atoms with E-state index in [9.17, 15) is 4.79 Å². The lowest BCUT2D eigenvalue weighted by Crippen LogP contribution is -2.42. The van der Waals surface area contributed by atoms with Gasteiger partial charge in [-0.15, -0.1) is 0 Å². The van der Waals surface area contributed by atoms with Crippen molar-refractivity contribution in [3.05, 3.63) is 80.9 Å². The zero-order chi connectivity index (χ0) is 23.7. The van der Waals surface area contributed by atoms with Crippen LogP contribution in [0.15, 0.2) is 65.3 Å². The van der Waals surface area contributed by atoms with Crippen LogP contribution in [-0.4, -0.2) is 45.0 Å². The molecule has 34 heavy (non-hydrogen) atoms. The Kier molecular flexibility index (Phi) is 6.77. The van der Waals surface area contributed by atoms with E-state index in [1.54, 1.807) is 22.8 Å². The number of fused-ring (bicyclic) bond motifs is 1. The predicted octanol–water partition coefficient (Wildman–Crippen LogP) is 6.43. The molecule has 1 N–H and O–H groups in total. The minimum absolute atomic E-state index is 0.0152. The standard InChI is InChI=1S/C25H22BrCl2N5O/c26-19-14-30-33-23(12-22(31-24(19)33)17-7-1-3-9-20(17)27)29-13-16-6-5-11-32(15-16)25(34)18-8-2-4-10-21(18)28/h1-4,7-10,12,14,16,29H,5-6,11,13,15H2. The molecular weight excluding hydrogens is 537 g/mol. The Morgan fingerprint density at radius 2 is 1.88 bits per heavy atom. The molecule has 3 heterocycles. The molecule has 1 aliphatic heterocycles. The molecule has 2 aromatic carbocycles. The normalized spacial score (nSPS) is 16.1. The van der Waals surface area contributed by atoms with Gasteiger partial charge in [0.05, 0.1) is 26.9 Å². The van der Waals surface area contributed by atoms with E-state index >= 15 is 0 Å². The number of nitrogens with one attached hydrogen (secondary N) is 1. The molecule has 6 nitrogen and oxygen atoms in total. The summed E-state index contributed by atoms with van der Waals surface area (Å²) >= 11 is 16.2. The van der Waals surface area contributed by atoms with Gasteiger partial charge in [-0.3, -0.25) is 4.79 Å². The summed E-state index contributed by atoms with van der Waals surface area (Å²) in [6.07, 6.45) is 3.72. The molecule has 5 rings (SSSR count). The molecule has 1 fully saturated rings. The number of aromatic nitrogens is 3. The summed E-state index contributed by atoms with van der Waals surface area (Å²) < 4.78 is 2.58. The molecule has 0 radical (unpaired) electrons. The third kappa shape index (κ3) is 4.65. The maximum absolute atomic E-state index is 13.0. The number of rotatable bonds is 5. The maximum Gasteiger partial charge on any atom is 0.255 e. The quantitative estimate of drug-likeness (QED) is 0.306. The average molecular weight is 559 g/mol. The zero-order valence-electron chi connectivity index (χ0n) is 18.2. The topological polar surface area (TPSA) is 62.5 Å². The van der Waals surface area contributed by atoms with E-state index < -0.39 is 0 Å². The SMILES string of the molecule is O=C(c1ccccc1Cl)N1CCCC(CNc2cc(-c3ccccc3Cl)nc3c(Br)cnn23)C1. The van der Waals surface area contributed by atoms with Crippen molar-refractivity contribution in [3.8, 4) is 11.3 Å². The molecule has 1 amide bonds. The molecule has 1 aliphatic rings. The van der Waals surface area contributed by atoms with Gasteiger partial charge in [0.15, 0.2) is 5.65 Å². The summed E-state index contributed by atoms with van der Waals surface area (Å²) in [6.45, 7) is 2.11. The Morgan fingerprint density at radius 3 is 2.68 bits per heavy atom. The Balaban J connectivity index is 1.36.